The average molecular weight is 343 g/mol. The van der Waals surface area contributed by atoms with Crippen molar-refractivity contribution in [1.29, 1.82) is 0 Å². The second kappa shape index (κ2) is 8.99. The van der Waals surface area contributed by atoms with Crippen molar-refractivity contribution in [1.82, 2.24) is 5.32 Å². The number of carbonyl (C=O) groups excluding carboxylic acids is 1. The largest absolute Gasteiger partial charge is 0.494 e. The van der Waals surface area contributed by atoms with Crippen LogP contribution >= 0.6 is 0 Å². The van der Waals surface area contributed by atoms with Gasteiger partial charge in [0, 0.05) is 18.2 Å². The quantitative estimate of drug-likeness (QED) is 0.753. The van der Waals surface area contributed by atoms with Crippen molar-refractivity contribution in [2.75, 3.05) is 21.2 Å². The summed E-state index contributed by atoms with van der Waals surface area (Å²) >= 11 is 0. The van der Waals surface area contributed by atoms with E-state index in [9.17, 15) is 9.18 Å². The summed E-state index contributed by atoms with van der Waals surface area (Å²) in [4.78, 5) is 13.3. The fourth-order valence-electron chi connectivity index (χ4n) is 2.39. The van der Waals surface area contributed by atoms with Crippen LogP contribution in [0.4, 0.5) is 4.39 Å². The highest BCUT2D eigenvalue weighted by molar-refractivity contribution is 5.91. The van der Waals surface area contributed by atoms with Crippen LogP contribution in [0.1, 0.15) is 16.7 Å². The maximum atomic E-state index is 13.6. The molecule has 0 aromatic heterocycles. The third-order valence-corrected chi connectivity index (χ3v) is 3.65. The molecule has 4 nitrogen and oxygen atoms in total. The zero-order valence-electron chi connectivity index (χ0n) is 14.8. The lowest BCUT2D eigenvalue weighted by atomic mass is 10.1. The fourth-order valence-corrected chi connectivity index (χ4v) is 2.39. The van der Waals surface area contributed by atoms with Crippen LogP contribution < -0.4 is 15.0 Å². The number of benzene rings is 2. The van der Waals surface area contributed by atoms with Crippen LogP contribution in [0.5, 0.6) is 5.75 Å². The van der Waals surface area contributed by atoms with Gasteiger partial charge in [-0.1, -0.05) is 30.3 Å². The van der Waals surface area contributed by atoms with Crippen LogP contribution in [0.2, 0.25) is 0 Å². The number of hydrogen-bond donors (Lipinski definition) is 2. The number of ether oxygens (including phenoxy) is 1. The molecular formula is C20H24FN2O2+. The normalized spacial score (nSPS) is 11.1. The number of nitrogens with one attached hydrogen (secondary N) is 2. The molecule has 2 aromatic carbocycles. The Hall–Kier alpha value is -2.66. The molecule has 2 N–H and O–H groups in total. The zero-order valence-corrected chi connectivity index (χ0v) is 14.8. The molecule has 25 heavy (non-hydrogen) atoms. The summed E-state index contributed by atoms with van der Waals surface area (Å²) in [5.41, 5.74) is 2.90. The summed E-state index contributed by atoms with van der Waals surface area (Å²) in [5, 5.41) is 2.82. The highest BCUT2D eigenvalue weighted by Crippen LogP contribution is 2.18. The van der Waals surface area contributed by atoms with Crippen LogP contribution in [0.15, 0.2) is 48.5 Å². The summed E-state index contributed by atoms with van der Waals surface area (Å²) in [6, 6.07) is 12.7. The van der Waals surface area contributed by atoms with Crippen molar-refractivity contribution in [3.63, 3.8) is 0 Å². The highest BCUT2D eigenvalue weighted by Gasteiger charge is 2.03. The van der Waals surface area contributed by atoms with E-state index in [1.54, 1.807) is 12.1 Å². The van der Waals surface area contributed by atoms with Crippen LogP contribution in [0.25, 0.3) is 6.08 Å². The molecule has 0 unspecified atom stereocenters. The standard InChI is InChI=1S/C20H23FN2O2/c1-23(2)14-17-6-4-16(5-7-17)13-22-20(24)11-9-15-8-10-19(25-3)18(21)12-15/h4-12H,13-14H2,1-3H3,(H,22,24)/p+1/b11-9+. The van der Waals surface area contributed by atoms with Gasteiger partial charge in [-0.15, -0.1) is 0 Å². The first kappa shape index (κ1) is 18.7. The van der Waals surface area contributed by atoms with Crippen LogP contribution in [0, 0.1) is 5.82 Å². The van der Waals surface area contributed by atoms with Gasteiger partial charge in [0.25, 0.3) is 0 Å². The summed E-state index contributed by atoms with van der Waals surface area (Å²) in [7, 11) is 5.62. The van der Waals surface area contributed by atoms with E-state index in [-0.39, 0.29) is 11.7 Å². The molecule has 0 fully saturated rings. The minimum Gasteiger partial charge on any atom is -0.494 e. The van der Waals surface area contributed by atoms with Gasteiger partial charge in [0.05, 0.1) is 21.2 Å². The third kappa shape index (κ3) is 6.04. The van der Waals surface area contributed by atoms with Gasteiger partial charge in [0.1, 0.15) is 6.54 Å². The lowest BCUT2D eigenvalue weighted by molar-refractivity contribution is -0.872. The summed E-state index contributed by atoms with van der Waals surface area (Å²) in [6.45, 7) is 1.42. The second-order valence-corrected chi connectivity index (χ2v) is 6.15. The minimum absolute atomic E-state index is 0.181. The Morgan fingerprint density at radius 3 is 2.44 bits per heavy atom. The van der Waals surface area contributed by atoms with Crippen molar-refractivity contribution in [3.8, 4) is 5.75 Å². The van der Waals surface area contributed by atoms with E-state index in [0.717, 1.165) is 12.1 Å². The van der Waals surface area contributed by atoms with Crippen molar-refractivity contribution in [3.05, 3.63) is 71.0 Å². The molecule has 0 aliphatic heterocycles. The molecule has 2 aromatic rings. The molecule has 132 valence electrons. The van der Waals surface area contributed by atoms with Gasteiger partial charge in [0.15, 0.2) is 11.6 Å². The Morgan fingerprint density at radius 1 is 1.16 bits per heavy atom. The smallest absolute Gasteiger partial charge is 0.244 e. The van der Waals surface area contributed by atoms with Gasteiger partial charge in [0.2, 0.25) is 5.91 Å². The molecule has 1 amide bonds. The predicted octanol–water partition coefficient (Wildman–Crippen LogP) is 1.81. The van der Waals surface area contributed by atoms with Gasteiger partial charge >= 0.3 is 0 Å². The van der Waals surface area contributed by atoms with Gasteiger partial charge in [-0.3, -0.25) is 4.79 Å². The van der Waals surface area contributed by atoms with Crippen LogP contribution in [0.3, 0.4) is 0 Å². The Balaban J connectivity index is 1.86. The van der Waals surface area contributed by atoms with E-state index < -0.39 is 5.82 Å². The topological polar surface area (TPSA) is 42.8 Å². The molecule has 0 bridgehead atoms. The van der Waals surface area contributed by atoms with E-state index in [4.69, 9.17) is 4.74 Å². The first-order valence-corrected chi connectivity index (χ1v) is 8.14. The molecule has 5 heteroatoms. The second-order valence-electron chi connectivity index (χ2n) is 6.15. The van der Waals surface area contributed by atoms with E-state index in [2.05, 4.69) is 31.5 Å². The van der Waals surface area contributed by atoms with E-state index in [1.807, 2.05) is 12.1 Å². The van der Waals surface area contributed by atoms with Gasteiger partial charge in [-0.2, -0.15) is 0 Å². The maximum absolute atomic E-state index is 13.6. The highest BCUT2D eigenvalue weighted by atomic mass is 19.1. The third-order valence-electron chi connectivity index (χ3n) is 3.65. The van der Waals surface area contributed by atoms with Crippen LogP contribution in [-0.2, 0) is 17.9 Å². The molecule has 0 atom stereocenters. The number of amides is 1. The molecule has 0 aliphatic rings. The molecule has 0 heterocycles. The van der Waals surface area contributed by atoms with E-state index in [0.29, 0.717) is 12.1 Å². The first-order valence-electron chi connectivity index (χ1n) is 8.14. The van der Waals surface area contributed by atoms with Crippen molar-refractivity contribution in [2.45, 2.75) is 13.1 Å². The maximum Gasteiger partial charge on any atom is 0.244 e. The number of carbonyl (C=O) groups is 1. The Labute approximate surface area is 147 Å². The van der Waals surface area contributed by atoms with Gasteiger partial charge < -0.3 is 15.0 Å². The summed E-state index contributed by atoms with van der Waals surface area (Å²) in [5.74, 6) is -0.497. The van der Waals surface area contributed by atoms with Crippen molar-refractivity contribution in [2.24, 2.45) is 0 Å². The monoisotopic (exact) mass is 343 g/mol. The molecule has 0 aliphatic carbocycles. The summed E-state index contributed by atoms with van der Waals surface area (Å²) in [6.07, 6.45) is 2.96. The molecule has 0 saturated carbocycles. The van der Waals surface area contributed by atoms with Gasteiger partial charge in [-0.05, 0) is 29.3 Å². The molecule has 2 rings (SSSR count). The molecule has 0 saturated heterocycles. The number of methoxy groups -OCH3 is 1. The lowest BCUT2D eigenvalue weighted by Gasteiger charge is -2.08. The average Bonchev–Trinajstić information content (AvgIpc) is 2.59. The molecular weight excluding hydrogens is 319 g/mol. The van der Waals surface area contributed by atoms with Crippen LogP contribution in [-0.4, -0.2) is 27.1 Å². The lowest BCUT2D eigenvalue weighted by Crippen LogP contribution is -3.04. The van der Waals surface area contributed by atoms with Crippen molar-refractivity contribution < 1.29 is 18.8 Å². The first-order chi connectivity index (χ1) is 12.0. The Morgan fingerprint density at radius 2 is 1.84 bits per heavy atom. The number of quaternary nitrogens is 1. The summed E-state index contributed by atoms with van der Waals surface area (Å²) < 4.78 is 18.5. The van der Waals surface area contributed by atoms with Crippen molar-refractivity contribution >= 4 is 12.0 Å². The Bertz CT molecular complexity index is 740. The Kier molecular flexibility index (Phi) is 6.71. The SMILES string of the molecule is COc1ccc(/C=C/C(=O)NCc2ccc(C[NH+](C)C)cc2)cc1F. The predicted molar refractivity (Wildman–Crippen MR) is 96.8 cm³/mol. The molecule has 0 radical (unpaired) electrons. The van der Waals surface area contributed by atoms with E-state index in [1.165, 1.54) is 35.8 Å². The number of hydrogen-bond acceptors (Lipinski definition) is 2. The fraction of sp³-hybridized carbons (Fsp3) is 0.250. The zero-order chi connectivity index (χ0) is 18.2. The van der Waals surface area contributed by atoms with E-state index >= 15 is 0 Å². The number of rotatable bonds is 7. The molecule has 0 spiro atoms. The number of halogens is 1. The van der Waals surface area contributed by atoms with Gasteiger partial charge in [-0.25, -0.2) is 4.39 Å². The minimum atomic E-state index is -0.454.